The summed E-state index contributed by atoms with van der Waals surface area (Å²) in [6.07, 6.45) is 0.663. The first-order valence-corrected chi connectivity index (χ1v) is 8.17. The van der Waals surface area contributed by atoms with Crippen LogP contribution in [0.3, 0.4) is 0 Å². The lowest BCUT2D eigenvalue weighted by molar-refractivity contribution is -0.109. The third kappa shape index (κ3) is 3.85. The molecule has 1 aromatic heterocycles. The normalized spacial score (nSPS) is 10.2. The highest BCUT2D eigenvalue weighted by Crippen LogP contribution is 2.21. The fourth-order valence-electron chi connectivity index (χ4n) is 2.14. The molecule has 0 unspecified atom stereocenters. The minimum atomic E-state index is -0.243. The predicted molar refractivity (Wildman–Crippen MR) is 93.5 cm³/mol. The molecule has 1 heterocycles. The van der Waals surface area contributed by atoms with E-state index in [1.807, 2.05) is 29.6 Å². The van der Waals surface area contributed by atoms with Gasteiger partial charge in [-0.15, -0.1) is 11.3 Å². The summed E-state index contributed by atoms with van der Waals surface area (Å²) in [6.45, 7) is -0.0385. The molecule has 0 fully saturated rings. The number of carbonyl (C=O) groups excluding carboxylic acids is 2. The lowest BCUT2D eigenvalue weighted by Crippen LogP contribution is -2.12. The number of nitrogens with zero attached hydrogens (tertiary/aromatic N) is 1. The molecule has 0 aliphatic rings. The van der Waals surface area contributed by atoms with E-state index in [9.17, 15) is 9.59 Å². The lowest BCUT2D eigenvalue weighted by Gasteiger charge is -2.08. The molecule has 0 saturated heterocycles. The summed E-state index contributed by atoms with van der Waals surface area (Å²) >= 11 is 1.54. The second-order valence-corrected chi connectivity index (χ2v) is 5.63. The van der Waals surface area contributed by atoms with Gasteiger partial charge in [-0.05, 0) is 30.3 Å². The minimum absolute atomic E-state index is 0.0385. The number of benzene rings is 2. The van der Waals surface area contributed by atoms with E-state index in [0.29, 0.717) is 23.3 Å². The van der Waals surface area contributed by atoms with E-state index in [2.05, 4.69) is 10.3 Å². The predicted octanol–water partition coefficient (Wildman–Crippen LogP) is 3.64. The Bertz CT molecular complexity index is 830. The molecular weight excluding hydrogens is 324 g/mol. The topological polar surface area (TPSA) is 68.3 Å². The van der Waals surface area contributed by atoms with E-state index < -0.39 is 0 Å². The van der Waals surface area contributed by atoms with Gasteiger partial charge in [-0.25, -0.2) is 4.98 Å². The van der Waals surface area contributed by atoms with Crippen molar-refractivity contribution in [2.45, 2.75) is 0 Å². The molecule has 6 heteroatoms. The van der Waals surface area contributed by atoms with Crippen LogP contribution in [0, 0.1) is 0 Å². The smallest absolute Gasteiger partial charge is 0.255 e. The van der Waals surface area contributed by atoms with Crippen LogP contribution in [0.25, 0.3) is 11.3 Å². The van der Waals surface area contributed by atoms with Crippen molar-refractivity contribution in [1.82, 2.24) is 4.98 Å². The largest absolute Gasteiger partial charge is 0.486 e. The summed E-state index contributed by atoms with van der Waals surface area (Å²) in [4.78, 5) is 26.9. The number of nitrogens with one attached hydrogen (secondary N) is 1. The molecule has 0 aliphatic carbocycles. The zero-order chi connectivity index (χ0) is 16.8. The van der Waals surface area contributed by atoms with Crippen molar-refractivity contribution < 1.29 is 14.3 Å². The van der Waals surface area contributed by atoms with E-state index in [-0.39, 0.29) is 12.5 Å². The summed E-state index contributed by atoms with van der Waals surface area (Å²) in [5.41, 5.74) is 4.85. The molecule has 0 atom stereocenters. The summed E-state index contributed by atoms with van der Waals surface area (Å²) in [7, 11) is 0. The number of aromatic nitrogens is 1. The maximum Gasteiger partial charge on any atom is 0.255 e. The van der Waals surface area contributed by atoms with Gasteiger partial charge in [-0.2, -0.15) is 0 Å². The Morgan fingerprint density at radius 1 is 1.21 bits per heavy atom. The first-order chi connectivity index (χ1) is 11.8. The monoisotopic (exact) mass is 338 g/mol. The quantitative estimate of drug-likeness (QED) is 0.697. The van der Waals surface area contributed by atoms with E-state index >= 15 is 0 Å². The van der Waals surface area contributed by atoms with Crippen molar-refractivity contribution >= 4 is 29.2 Å². The van der Waals surface area contributed by atoms with E-state index in [4.69, 9.17) is 4.74 Å². The maximum absolute atomic E-state index is 12.3. The molecule has 1 N–H and O–H groups in total. The molecule has 24 heavy (non-hydrogen) atoms. The van der Waals surface area contributed by atoms with Gasteiger partial charge >= 0.3 is 0 Å². The van der Waals surface area contributed by atoms with Crippen molar-refractivity contribution in [2.75, 3.05) is 11.9 Å². The zero-order valence-electron chi connectivity index (χ0n) is 12.6. The standard InChI is InChI=1S/C18H14N2O3S/c21-8-9-23-16-3-1-2-14(10-16)18(22)20-15-6-4-13(5-7-15)17-11-24-12-19-17/h1-8,10-12H,9H2,(H,20,22). The van der Waals surface area contributed by atoms with Crippen LogP contribution in [-0.2, 0) is 4.79 Å². The van der Waals surface area contributed by atoms with Gasteiger partial charge in [0, 0.05) is 22.2 Å². The number of anilines is 1. The van der Waals surface area contributed by atoms with Crippen molar-refractivity contribution in [3.8, 4) is 17.0 Å². The number of amides is 1. The lowest BCUT2D eigenvalue weighted by atomic mass is 10.1. The average Bonchev–Trinajstić information content (AvgIpc) is 3.15. The SMILES string of the molecule is O=CCOc1cccc(C(=O)Nc2ccc(-c3cscn3)cc2)c1. The van der Waals surface area contributed by atoms with Gasteiger partial charge in [0.2, 0.25) is 0 Å². The summed E-state index contributed by atoms with van der Waals surface area (Å²) in [5.74, 6) is 0.238. The van der Waals surface area contributed by atoms with E-state index in [1.165, 1.54) is 11.3 Å². The summed E-state index contributed by atoms with van der Waals surface area (Å²) < 4.78 is 5.20. The number of carbonyl (C=O) groups is 2. The van der Waals surface area contributed by atoms with Gasteiger partial charge in [0.15, 0.2) is 6.29 Å². The van der Waals surface area contributed by atoms with Crippen LogP contribution in [-0.4, -0.2) is 23.8 Å². The van der Waals surface area contributed by atoms with E-state index in [1.54, 1.807) is 29.8 Å². The third-order valence-corrected chi connectivity index (χ3v) is 3.87. The number of ether oxygens (including phenoxy) is 1. The molecule has 0 spiro atoms. The second-order valence-electron chi connectivity index (χ2n) is 4.91. The van der Waals surface area contributed by atoms with Gasteiger partial charge in [-0.1, -0.05) is 18.2 Å². The van der Waals surface area contributed by atoms with Crippen LogP contribution >= 0.6 is 11.3 Å². The molecule has 3 rings (SSSR count). The van der Waals surface area contributed by atoms with Crippen molar-refractivity contribution in [1.29, 1.82) is 0 Å². The number of hydrogen-bond acceptors (Lipinski definition) is 5. The van der Waals surface area contributed by atoms with Gasteiger partial charge in [0.1, 0.15) is 12.4 Å². The van der Waals surface area contributed by atoms with Gasteiger partial charge < -0.3 is 10.1 Å². The van der Waals surface area contributed by atoms with E-state index in [0.717, 1.165) is 11.3 Å². The van der Waals surface area contributed by atoms with Crippen LogP contribution in [0.2, 0.25) is 0 Å². The van der Waals surface area contributed by atoms with Gasteiger partial charge in [0.25, 0.3) is 5.91 Å². The third-order valence-electron chi connectivity index (χ3n) is 3.29. The zero-order valence-corrected chi connectivity index (χ0v) is 13.5. The van der Waals surface area contributed by atoms with Crippen LogP contribution in [0.5, 0.6) is 5.75 Å². The van der Waals surface area contributed by atoms with Crippen molar-refractivity contribution in [2.24, 2.45) is 0 Å². The van der Waals surface area contributed by atoms with Gasteiger partial charge in [-0.3, -0.25) is 9.59 Å². The number of aldehydes is 1. The number of hydrogen-bond donors (Lipinski definition) is 1. The Balaban J connectivity index is 1.69. The molecule has 120 valence electrons. The Kier molecular flexibility index (Phi) is 4.98. The number of rotatable bonds is 6. The highest BCUT2D eigenvalue weighted by atomic mass is 32.1. The first-order valence-electron chi connectivity index (χ1n) is 7.23. The van der Waals surface area contributed by atoms with Crippen molar-refractivity contribution in [3.63, 3.8) is 0 Å². The Hall–Kier alpha value is -2.99. The second kappa shape index (κ2) is 7.52. The summed E-state index contributed by atoms with van der Waals surface area (Å²) in [5, 5.41) is 4.80. The van der Waals surface area contributed by atoms with Crippen molar-refractivity contribution in [3.05, 3.63) is 65.0 Å². The van der Waals surface area contributed by atoms with Crippen LogP contribution in [0.4, 0.5) is 5.69 Å². The van der Waals surface area contributed by atoms with Crippen LogP contribution < -0.4 is 10.1 Å². The molecule has 2 aromatic carbocycles. The Morgan fingerprint density at radius 3 is 2.75 bits per heavy atom. The van der Waals surface area contributed by atoms with Gasteiger partial charge in [0.05, 0.1) is 11.2 Å². The molecule has 0 radical (unpaired) electrons. The molecule has 0 aliphatic heterocycles. The first kappa shape index (κ1) is 15.9. The Morgan fingerprint density at radius 2 is 2.04 bits per heavy atom. The fourth-order valence-corrected chi connectivity index (χ4v) is 2.70. The fraction of sp³-hybridized carbons (Fsp3) is 0.0556. The molecule has 0 bridgehead atoms. The molecule has 0 saturated carbocycles. The molecule has 5 nitrogen and oxygen atoms in total. The average molecular weight is 338 g/mol. The highest BCUT2D eigenvalue weighted by molar-refractivity contribution is 7.07. The van der Waals surface area contributed by atoms with Crippen LogP contribution in [0.15, 0.2) is 59.4 Å². The molecule has 1 amide bonds. The highest BCUT2D eigenvalue weighted by Gasteiger charge is 2.08. The molecular formula is C18H14N2O3S. The summed E-state index contributed by atoms with van der Waals surface area (Å²) in [6, 6.07) is 14.2. The number of thiazole rings is 1. The Labute approximate surface area is 142 Å². The van der Waals surface area contributed by atoms with Crippen LogP contribution in [0.1, 0.15) is 10.4 Å². The maximum atomic E-state index is 12.3. The minimum Gasteiger partial charge on any atom is -0.486 e. The molecule has 3 aromatic rings.